The fourth-order valence-corrected chi connectivity index (χ4v) is 4.20. The second-order valence-electron chi connectivity index (χ2n) is 2.84. The molecule has 0 fully saturated rings. The third kappa shape index (κ3) is 6.97. The fraction of sp³-hybridized carbons (Fsp3) is 1.00. The molecule has 0 aromatic carbocycles. The Morgan fingerprint density at radius 3 is 1.12 bits per heavy atom. The van der Waals surface area contributed by atoms with Gasteiger partial charge in [0, 0.05) is 6.54 Å². The van der Waals surface area contributed by atoms with E-state index in [9.17, 15) is 0 Å². The van der Waals surface area contributed by atoms with Gasteiger partial charge in [0.15, 0.2) is 0 Å². The van der Waals surface area contributed by atoms with Crippen molar-refractivity contribution >= 4 is 17.1 Å². The molecule has 0 aliphatic heterocycles. The van der Waals surface area contributed by atoms with Crippen LogP contribution in [0.5, 0.6) is 0 Å². The quantitative estimate of drug-likeness (QED) is 0.538. The van der Waals surface area contributed by atoms with Crippen LogP contribution in [0.4, 0.5) is 0 Å². The summed E-state index contributed by atoms with van der Waals surface area (Å²) in [6.07, 6.45) is 0. The van der Waals surface area contributed by atoms with Crippen molar-refractivity contribution in [2.75, 3.05) is 33.0 Å². The van der Waals surface area contributed by atoms with Crippen LogP contribution in [0.1, 0.15) is 34.6 Å². The van der Waals surface area contributed by atoms with Crippen molar-refractivity contribution in [2.24, 2.45) is 0 Å². The Balaban J connectivity index is 4.55. The maximum absolute atomic E-state index is 5.63. The summed E-state index contributed by atoms with van der Waals surface area (Å²) < 4.78 is 24.6. The number of nitrogens with zero attached hydrogens (tertiary/aromatic N) is 1. The topological polar surface area (TPSA) is 40.2 Å². The summed E-state index contributed by atoms with van der Waals surface area (Å²) in [5, 5.41) is 0. The summed E-state index contributed by atoms with van der Waals surface area (Å²) >= 11 is 0. The Hall–Kier alpha value is 0.660. The highest BCUT2D eigenvalue weighted by atomic mass is 31.2. The standard InChI is InChI=1S/C10H25NO4P2/c1-6-11(16(12-7-2)13-8-3)17(14-9-4)15-10-5/h6-10H2,1-5H3. The first-order chi connectivity index (χ1) is 8.24. The van der Waals surface area contributed by atoms with Crippen LogP contribution in [0.3, 0.4) is 0 Å². The zero-order chi connectivity index (χ0) is 13.1. The second-order valence-corrected chi connectivity index (χ2v) is 6.10. The Morgan fingerprint density at radius 1 is 0.647 bits per heavy atom. The highest BCUT2D eigenvalue weighted by Crippen LogP contribution is 2.58. The normalized spacial score (nSPS) is 12.0. The minimum atomic E-state index is -1.07. The van der Waals surface area contributed by atoms with Crippen LogP contribution in [0.2, 0.25) is 0 Å². The van der Waals surface area contributed by atoms with Gasteiger partial charge in [0.05, 0.1) is 26.4 Å². The first-order valence-electron chi connectivity index (χ1n) is 6.14. The van der Waals surface area contributed by atoms with Crippen molar-refractivity contribution in [3.05, 3.63) is 0 Å². The lowest BCUT2D eigenvalue weighted by Crippen LogP contribution is -2.17. The summed E-state index contributed by atoms with van der Waals surface area (Å²) in [7, 11) is -2.15. The Kier molecular flexibility index (Phi) is 12.2. The Bertz CT molecular complexity index is 148. The van der Waals surface area contributed by atoms with E-state index < -0.39 is 17.1 Å². The van der Waals surface area contributed by atoms with Gasteiger partial charge >= 0.3 is 0 Å². The molecule has 0 unspecified atom stereocenters. The summed E-state index contributed by atoms with van der Waals surface area (Å²) in [5.74, 6) is 0. The van der Waals surface area contributed by atoms with E-state index in [0.29, 0.717) is 26.4 Å². The average Bonchev–Trinajstić information content (AvgIpc) is 2.31. The van der Waals surface area contributed by atoms with E-state index in [2.05, 4.69) is 6.92 Å². The maximum Gasteiger partial charge on any atom is 0.266 e. The molecule has 0 rings (SSSR count). The van der Waals surface area contributed by atoms with E-state index in [4.69, 9.17) is 18.1 Å². The fourth-order valence-electron chi connectivity index (χ4n) is 1.07. The van der Waals surface area contributed by atoms with Gasteiger partial charge in [0.2, 0.25) is 0 Å². The lowest BCUT2D eigenvalue weighted by Gasteiger charge is -2.32. The third-order valence-electron chi connectivity index (χ3n) is 1.62. The monoisotopic (exact) mass is 285 g/mol. The van der Waals surface area contributed by atoms with Gasteiger partial charge in [-0.05, 0) is 27.7 Å². The summed E-state index contributed by atoms with van der Waals surface area (Å²) in [5.41, 5.74) is 0. The van der Waals surface area contributed by atoms with Crippen molar-refractivity contribution in [1.29, 1.82) is 0 Å². The van der Waals surface area contributed by atoms with E-state index in [0.717, 1.165) is 6.54 Å². The van der Waals surface area contributed by atoms with Gasteiger partial charge in [-0.15, -0.1) is 0 Å². The minimum Gasteiger partial charge on any atom is -0.322 e. The van der Waals surface area contributed by atoms with Gasteiger partial charge < -0.3 is 18.1 Å². The van der Waals surface area contributed by atoms with Gasteiger partial charge in [0.25, 0.3) is 17.1 Å². The smallest absolute Gasteiger partial charge is 0.266 e. The molecule has 0 radical (unpaired) electrons. The molecule has 17 heavy (non-hydrogen) atoms. The van der Waals surface area contributed by atoms with E-state index in [-0.39, 0.29) is 0 Å². The van der Waals surface area contributed by atoms with Crippen molar-refractivity contribution < 1.29 is 18.1 Å². The zero-order valence-electron chi connectivity index (χ0n) is 11.5. The zero-order valence-corrected chi connectivity index (χ0v) is 13.3. The molecule has 0 aliphatic carbocycles. The van der Waals surface area contributed by atoms with E-state index >= 15 is 0 Å². The first-order valence-corrected chi connectivity index (χ1v) is 8.40. The SMILES string of the molecule is CCOP(OCC)N(CC)P(OCC)OCC. The molecule has 0 saturated carbocycles. The highest BCUT2D eigenvalue weighted by molar-refractivity contribution is 7.60. The summed E-state index contributed by atoms with van der Waals surface area (Å²) in [6, 6.07) is 0. The molecule has 0 aliphatic rings. The number of hydrogen-bond acceptors (Lipinski definition) is 5. The van der Waals surface area contributed by atoms with E-state index in [1.165, 1.54) is 0 Å². The van der Waals surface area contributed by atoms with Crippen LogP contribution in [-0.2, 0) is 18.1 Å². The van der Waals surface area contributed by atoms with Crippen molar-refractivity contribution in [1.82, 2.24) is 4.44 Å². The molecule has 0 spiro atoms. The maximum atomic E-state index is 5.63. The number of hydrogen-bond donors (Lipinski definition) is 0. The van der Waals surface area contributed by atoms with Gasteiger partial charge in [-0.1, -0.05) is 6.92 Å². The molecule has 0 aromatic heterocycles. The van der Waals surface area contributed by atoms with Gasteiger partial charge in [0.1, 0.15) is 0 Å². The van der Waals surface area contributed by atoms with Crippen LogP contribution in [0.25, 0.3) is 0 Å². The predicted octanol–water partition coefficient (Wildman–Crippen LogP) is 3.91. The Morgan fingerprint density at radius 2 is 0.941 bits per heavy atom. The average molecular weight is 285 g/mol. The van der Waals surface area contributed by atoms with Gasteiger partial charge in [-0.2, -0.15) is 4.44 Å². The second kappa shape index (κ2) is 11.7. The molecule has 0 aromatic rings. The third-order valence-corrected chi connectivity index (χ3v) is 5.73. The molecule has 0 atom stereocenters. The van der Waals surface area contributed by atoms with Crippen molar-refractivity contribution in [3.63, 3.8) is 0 Å². The minimum absolute atomic E-state index is 0.629. The largest absolute Gasteiger partial charge is 0.322 e. The van der Waals surface area contributed by atoms with Gasteiger partial charge in [-0.3, -0.25) is 0 Å². The molecule has 0 amide bonds. The lowest BCUT2D eigenvalue weighted by atomic mass is 10.8. The van der Waals surface area contributed by atoms with Crippen LogP contribution in [0, 0.1) is 0 Å². The molecule has 104 valence electrons. The predicted molar refractivity (Wildman–Crippen MR) is 72.7 cm³/mol. The van der Waals surface area contributed by atoms with Crippen molar-refractivity contribution in [3.8, 4) is 0 Å². The summed E-state index contributed by atoms with van der Waals surface area (Å²) in [4.78, 5) is 0. The molecular weight excluding hydrogens is 260 g/mol. The van der Waals surface area contributed by atoms with Crippen LogP contribution < -0.4 is 0 Å². The molecular formula is C10H25NO4P2. The molecule has 0 N–H and O–H groups in total. The van der Waals surface area contributed by atoms with Crippen LogP contribution in [-0.4, -0.2) is 37.4 Å². The van der Waals surface area contributed by atoms with Crippen LogP contribution in [0.15, 0.2) is 0 Å². The number of rotatable bonds is 11. The highest BCUT2D eigenvalue weighted by Gasteiger charge is 2.29. The molecule has 0 bridgehead atoms. The van der Waals surface area contributed by atoms with Gasteiger partial charge in [-0.25, -0.2) is 0 Å². The Labute approximate surface area is 108 Å². The van der Waals surface area contributed by atoms with Crippen LogP contribution >= 0.6 is 17.1 Å². The molecule has 7 heteroatoms. The van der Waals surface area contributed by atoms with Crippen molar-refractivity contribution in [2.45, 2.75) is 34.6 Å². The van der Waals surface area contributed by atoms with E-state index in [1.807, 2.05) is 32.1 Å². The van der Waals surface area contributed by atoms with E-state index in [1.54, 1.807) is 0 Å². The lowest BCUT2D eigenvalue weighted by molar-refractivity contribution is 0.211. The molecule has 5 nitrogen and oxygen atoms in total. The summed E-state index contributed by atoms with van der Waals surface area (Å²) in [6.45, 7) is 13.2. The molecule has 0 heterocycles. The first kappa shape index (κ1) is 17.7. The molecule has 0 saturated heterocycles.